The van der Waals surface area contributed by atoms with Gasteiger partial charge in [-0.2, -0.15) is 5.10 Å². The number of hydrogen-bond acceptors (Lipinski definition) is 4. The van der Waals surface area contributed by atoms with E-state index >= 15 is 0 Å². The monoisotopic (exact) mass is 278 g/mol. The molecule has 0 N–H and O–H groups in total. The molecule has 0 unspecified atom stereocenters. The Hall–Kier alpha value is -2.82. The lowest BCUT2D eigenvalue weighted by molar-refractivity contribution is 0.101. The molecule has 5 heteroatoms. The van der Waals surface area contributed by atoms with E-state index in [1.807, 2.05) is 37.4 Å². The van der Waals surface area contributed by atoms with Crippen LogP contribution in [0.2, 0.25) is 0 Å². The summed E-state index contributed by atoms with van der Waals surface area (Å²) in [6.45, 7) is 3.52. The van der Waals surface area contributed by atoms with Crippen molar-refractivity contribution < 1.29 is 4.79 Å². The molecule has 3 aromatic rings. The van der Waals surface area contributed by atoms with Gasteiger partial charge in [-0.25, -0.2) is 14.6 Å². The minimum absolute atomic E-state index is 0.0145. The number of aromatic nitrogens is 4. The molecule has 0 radical (unpaired) electrons. The Balaban J connectivity index is 2.10. The highest BCUT2D eigenvalue weighted by Crippen LogP contribution is 2.23. The molecule has 0 aliphatic heterocycles. The van der Waals surface area contributed by atoms with Gasteiger partial charge in [0.05, 0.1) is 11.9 Å². The molecular weight excluding hydrogens is 264 g/mol. The van der Waals surface area contributed by atoms with Gasteiger partial charge in [0, 0.05) is 23.4 Å². The van der Waals surface area contributed by atoms with Crippen molar-refractivity contribution in [2.24, 2.45) is 0 Å². The number of aryl methyl sites for hydroxylation is 1. The van der Waals surface area contributed by atoms with Crippen LogP contribution >= 0.6 is 0 Å². The van der Waals surface area contributed by atoms with Crippen LogP contribution in [0.5, 0.6) is 0 Å². The molecule has 3 rings (SSSR count). The predicted octanol–water partition coefficient (Wildman–Crippen LogP) is 2.84. The Kier molecular flexibility index (Phi) is 3.31. The van der Waals surface area contributed by atoms with E-state index in [0.29, 0.717) is 17.1 Å². The van der Waals surface area contributed by atoms with E-state index in [4.69, 9.17) is 0 Å². The molecule has 0 bridgehead atoms. The van der Waals surface area contributed by atoms with Crippen LogP contribution in [-0.2, 0) is 0 Å². The van der Waals surface area contributed by atoms with E-state index in [1.54, 1.807) is 23.9 Å². The predicted molar refractivity (Wildman–Crippen MR) is 79.3 cm³/mol. The maximum absolute atomic E-state index is 11.7. The summed E-state index contributed by atoms with van der Waals surface area (Å²) in [6.07, 6.45) is 5.15. The van der Waals surface area contributed by atoms with E-state index in [0.717, 1.165) is 11.1 Å². The van der Waals surface area contributed by atoms with Crippen LogP contribution in [-0.4, -0.2) is 25.5 Å². The number of ketones is 1. The molecule has 5 nitrogen and oxygen atoms in total. The van der Waals surface area contributed by atoms with Crippen LogP contribution in [0.1, 0.15) is 22.8 Å². The van der Waals surface area contributed by atoms with Crippen LogP contribution in [0.25, 0.3) is 17.1 Å². The Morgan fingerprint density at radius 3 is 2.71 bits per heavy atom. The maximum atomic E-state index is 11.7. The van der Waals surface area contributed by atoms with Crippen LogP contribution in [0.15, 0.2) is 49.1 Å². The number of nitrogens with zero attached hydrogens (tertiary/aromatic N) is 4. The normalized spacial score (nSPS) is 10.6. The third-order valence-corrected chi connectivity index (χ3v) is 3.18. The molecular formula is C16H14N4O. The first-order valence-electron chi connectivity index (χ1n) is 6.59. The largest absolute Gasteiger partial charge is 0.294 e. The van der Waals surface area contributed by atoms with E-state index in [-0.39, 0.29) is 5.78 Å². The Morgan fingerprint density at radius 2 is 2.00 bits per heavy atom. The third kappa shape index (κ3) is 2.58. The summed E-state index contributed by atoms with van der Waals surface area (Å²) in [5, 5.41) is 4.24. The van der Waals surface area contributed by atoms with Gasteiger partial charge >= 0.3 is 0 Å². The van der Waals surface area contributed by atoms with Crippen molar-refractivity contribution in [1.82, 2.24) is 19.7 Å². The van der Waals surface area contributed by atoms with Gasteiger partial charge in [-0.3, -0.25) is 4.79 Å². The summed E-state index contributed by atoms with van der Waals surface area (Å²) >= 11 is 0. The Morgan fingerprint density at radius 1 is 1.19 bits per heavy atom. The van der Waals surface area contributed by atoms with Crippen molar-refractivity contribution in [1.29, 1.82) is 0 Å². The Bertz CT molecular complexity index is 807. The van der Waals surface area contributed by atoms with Crippen molar-refractivity contribution in [3.05, 3.63) is 60.2 Å². The number of carbonyl (C=O) groups excluding carboxylic acids is 1. The maximum Gasteiger partial charge on any atom is 0.160 e. The molecule has 2 aromatic heterocycles. The van der Waals surface area contributed by atoms with Crippen LogP contribution in [0.4, 0.5) is 0 Å². The van der Waals surface area contributed by atoms with Gasteiger partial charge in [0.2, 0.25) is 0 Å². The van der Waals surface area contributed by atoms with Gasteiger partial charge in [0.1, 0.15) is 6.33 Å². The molecule has 2 heterocycles. The van der Waals surface area contributed by atoms with E-state index in [9.17, 15) is 4.79 Å². The molecule has 0 amide bonds. The van der Waals surface area contributed by atoms with E-state index in [2.05, 4.69) is 15.1 Å². The molecule has 1 aromatic carbocycles. The highest BCUT2D eigenvalue weighted by molar-refractivity contribution is 6.00. The zero-order valence-corrected chi connectivity index (χ0v) is 11.8. The van der Waals surface area contributed by atoms with Gasteiger partial charge in [-0.1, -0.05) is 24.3 Å². The number of Topliss-reactive ketones (excluding diaryl/α,β-unsaturated/α-hetero) is 1. The van der Waals surface area contributed by atoms with Gasteiger partial charge < -0.3 is 0 Å². The Labute approximate surface area is 122 Å². The van der Waals surface area contributed by atoms with Gasteiger partial charge in [-0.05, 0) is 19.4 Å². The zero-order valence-electron chi connectivity index (χ0n) is 11.8. The third-order valence-electron chi connectivity index (χ3n) is 3.18. The fourth-order valence-corrected chi connectivity index (χ4v) is 2.17. The molecule has 0 aliphatic carbocycles. The summed E-state index contributed by atoms with van der Waals surface area (Å²) in [7, 11) is 0. The highest BCUT2D eigenvalue weighted by atomic mass is 16.1. The first kappa shape index (κ1) is 13.2. The molecule has 0 saturated carbocycles. The van der Waals surface area contributed by atoms with Gasteiger partial charge in [0.15, 0.2) is 11.6 Å². The highest BCUT2D eigenvalue weighted by Gasteiger charge is 2.11. The molecule has 21 heavy (non-hydrogen) atoms. The molecule has 104 valence electrons. The lowest BCUT2D eigenvalue weighted by Gasteiger charge is -2.07. The minimum atomic E-state index is 0.0145. The molecule has 0 spiro atoms. The second-order valence-corrected chi connectivity index (χ2v) is 4.83. The van der Waals surface area contributed by atoms with Crippen molar-refractivity contribution in [2.45, 2.75) is 13.8 Å². The smallest absolute Gasteiger partial charge is 0.160 e. The first-order chi connectivity index (χ1) is 10.1. The first-order valence-corrected chi connectivity index (χ1v) is 6.59. The standard InChI is InChI=1S/C16H14N4O/c1-11-8-19-20(9-11)16-7-15(17-10-18-16)14-6-4-3-5-13(14)12(2)21/h3-10H,1-2H3. The second kappa shape index (κ2) is 5.28. The van der Waals surface area contributed by atoms with Crippen LogP contribution in [0.3, 0.4) is 0 Å². The summed E-state index contributed by atoms with van der Waals surface area (Å²) < 4.78 is 1.69. The quantitative estimate of drug-likeness (QED) is 0.691. The van der Waals surface area contributed by atoms with Gasteiger partial charge in [0.25, 0.3) is 0 Å². The topological polar surface area (TPSA) is 60.7 Å². The summed E-state index contributed by atoms with van der Waals surface area (Å²) in [5.41, 5.74) is 3.22. The number of carbonyl (C=O) groups is 1. The second-order valence-electron chi connectivity index (χ2n) is 4.83. The fraction of sp³-hybridized carbons (Fsp3) is 0.125. The zero-order chi connectivity index (χ0) is 14.8. The fourth-order valence-electron chi connectivity index (χ4n) is 2.17. The van der Waals surface area contributed by atoms with Crippen LogP contribution < -0.4 is 0 Å². The van der Waals surface area contributed by atoms with E-state index in [1.165, 1.54) is 6.33 Å². The number of hydrogen-bond donors (Lipinski definition) is 0. The summed E-state index contributed by atoms with van der Waals surface area (Å²) in [5.74, 6) is 0.687. The van der Waals surface area contributed by atoms with E-state index < -0.39 is 0 Å². The van der Waals surface area contributed by atoms with Crippen molar-refractivity contribution in [3.63, 3.8) is 0 Å². The summed E-state index contributed by atoms with van der Waals surface area (Å²) in [6, 6.07) is 9.25. The van der Waals surface area contributed by atoms with Crippen molar-refractivity contribution in [2.75, 3.05) is 0 Å². The molecule has 0 aliphatic rings. The van der Waals surface area contributed by atoms with Crippen LogP contribution in [0, 0.1) is 6.92 Å². The van der Waals surface area contributed by atoms with Crippen molar-refractivity contribution >= 4 is 5.78 Å². The molecule has 0 saturated heterocycles. The minimum Gasteiger partial charge on any atom is -0.294 e. The van der Waals surface area contributed by atoms with Gasteiger partial charge in [-0.15, -0.1) is 0 Å². The lowest BCUT2D eigenvalue weighted by Crippen LogP contribution is -2.01. The average Bonchev–Trinajstić information content (AvgIpc) is 2.94. The number of rotatable bonds is 3. The lowest BCUT2D eigenvalue weighted by atomic mass is 10.0. The average molecular weight is 278 g/mol. The number of benzene rings is 1. The molecule has 0 fully saturated rings. The van der Waals surface area contributed by atoms with Crippen molar-refractivity contribution in [3.8, 4) is 17.1 Å². The SMILES string of the molecule is CC(=O)c1ccccc1-c1cc(-n2cc(C)cn2)ncn1. The molecule has 0 atom stereocenters. The summed E-state index contributed by atoms with van der Waals surface area (Å²) in [4.78, 5) is 20.2.